The number of rotatable bonds is 0. The van der Waals surface area contributed by atoms with E-state index in [0.717, 1.165) is 5.69 Å². The molecule has 0 spiro atoms. The van der Waals surface area contributed by atoms with Gasteiger partial charge in [-0.3, -0.25) is 0 Å². The Labute approximate surface area is 50.1 Å². The maximum atomic E-state index is 3.72. The topological polar surface area (TPSA) is 27.6 Å². The highest BCUT2D eigenvalue weighted by Gasteiger charge is 1.77. The zero-order valence-electron chi connectivity index (χ0n) is 4.09. The van der Waals surface area contributed by atoms with Gasteiger partial charge in [-0.1, -0.05) is 25.6 Å². The Kier molecular flexibility index (Phi) is 2.89. The molecule has 0 atom stereocenters. The number of hydrogen-bond donors (Lipinski definition) is 1. The number of benzene rings is 1. The van der Waals surface area contributed by atoms with Gasteiger partial charge in [0.2, 0.25) is 0 Å². The molecule has 8 heavy (non-hydrogen) atoms. The molecule has 0 heterocycles. The lowest BCUT2D eigenvalue weighted by Crippen LogP contribution is -2.39. The van der Waals surface area contributed by atoms with E-state index in [0.29, 0.717) is 0 Å². The molecule has 1 aromatic carbocycles. The summed E-state index contributed by atoms with van der Waals surface area (Å²) in [5.74, 6) is 0. The Balaban J connectivity index is 0.000000490. The van der Waals surface area contributed by atoms with Gasteiger partial charge in [0, 0.05) is 0 Å². The van der Waals surface area contributed by atoms with Crippen molar-refractivity contribution < 1.29 is 5.73 Å². The lowest BCUT2D eigenvalue weighted by molar-refractivity contribution is -0.254. The molecule has 0 aliphatic rings. The van der Waals surface area contributed by atoms with Crippen LogP contribution in [0.25, 0.3) is 0 Å². The van der Waals surface area contributed by atoms with E-state index in [-0.39, 0.29) is 7.43 Å². The van der Waals surface area contributed by atoms with Crippen molar-refractivity contribution in [3.05, 3.63) is 30.3 Å². The third kappa shape index (κ3) is 1.76. The summed E-state index contributed by atoms with van der Waals surface area (Å²) in [7, 11) is 0. The van der Waals surface area contributed by atoms with Crippen molar-refractivity contribution in [3.63, 3.8) is 0 Å². The molecule has 0 radical (unpaired) electrons. The van der Waals surface area contributed by atoms with Gasteiger partial charge in [-0.2, -0.15) is 0 Å². The first-order valence-electron chi connectivity index (χ1n) is 2.26. The second kappa shape index (κ2) is 3.22. The molecule has 0 aromatic heterocycles. The molecule has 0 bridgehead atoms. The standard InChI is InChI=1S/C6H7N.CH4/c7-6-4-2-1-3-5-6;/h1-5H,7H2;1H4/p+1. The second-order valence-electron chi connectivity index (χ2n) is 1.49. The molecule has 1 aromatic rings. The van der Waals surface area contributed by atoms with Crippen molar-refractivity contribution in [1.82, 2.24) is 0 Å². The van der Waals surface area contributed by atoms with Crippen molar-refractivity contribution in [1.29, 1.82) is 0 Å². The smallest absolute Gasteiger partial charge is 0.127 e. The Hall–Kier alpha value is -0.820. The normalized spacial score (nSPS) is 7.62. The average Bonchev–Trinajstić information content (AvgIpc) is 1.69. The third-order valence-corrected chi connectivity index (χ3v) is 0.843. The Morgan fingerprint density at radius 2 is 1.50 bits per heavy atom. The van der Waals surface area contributed by atoms with E-state index >= 15 is 0 Å². The zero-order valence-corrected chi connectivity index (χ0v) is 4.09. The zero-order chi connectivity index (χ0) is 5.11. The molecule has 44 valence electrons. The molecule has 1 rings (SSSR count). The quantitative estimate of drug-likeness (QED) is 0.519. The molecule has 0 fully saturated rings. The van der Waals surface area contributed by atoms with Gasteiger partial charge in [0.15, 0.2) is 0 Å². The fourth-order valence-electron chi connectivity index (χ4n) is 0.478. The van der Waals surface area contributed by atoms with Crippen LogP contribution in [0.4, 0.5) is 5.69 Å². The predicted molar refractivity (Wildman–Crippen MR) is 35.7 cm³/mol. The maximum absolute atomic E-state index is 3.72. The van der Waals surface area contributed by atoms with E-state index in [9.17, 15) is 0 Å². The van der Waals surface area contributed by atoms with Gasteiger partial charge in [0.1, 0.15) is 5.69 Å². The highest BCUT2D eigenvalue weighted by atomic mass is 14.5. The van der Waals surface area contributed by atoms with E-state index in [1.807, 2.05) is 30.3 Å². The SMILES string of the molecule is C.[NH3+]c1ccccc1. The first-order valence-corrected chi connectivity index (χ1v) is 2.26. The van der Waals surface area contributed by atoms with Gasteiger partial charge < -0.3 is 5.73 Å². The van der Waals surface area contributed by atoms with Gasteiger partial charge in [-0.15, -0.1) is 0 Å². The van der Waals surface area contributed by atoms with Crippen molar-refractivity contribution in [2.75, 3.05) is 0 Å². The molecule has 0 saturated carbocycles. The molecule has 1 nitrogen and oxygen atoms in total. The van der Waals surface area contributed by atoms with Crippen molar-refractivity contribution in [2.45, 2.75) is 7.43 Å². The summed E-state index contributed by atoms with van der Waals surface area (Å²) in [5, 5.41) is 0. The lowest BCUT2D eigenvalue weighted by Gasteiger charge is -1.78. The van der Waals surface area contributed by atoms with Crippen LogP contribution in [0.15, 0.2) is 30.3 Å². The number of quaternary nitrogens is 1. The summed E-state index contributed by atoms with van der Waals surface area (Å²) < 4.78 is 0. The summed E-state index contributed by atoms with van der Waals surface area (Å²) >= 11 is 0. The minimum absolute atomic E-state index is 0. The predicted octanol–water partition coefficient (Wildman–Crippen LogP) is 1.20. The van der Waals surface area contributed by atoms with Crippen LogP contribution in [0, 0.1) is 0 Å². The highest BCUT2D eigenvalue weighted by Crippen LogP contribution is 1.93. The average molecular weight is 110 g/mol. The van der Waals surface area contributed by atoms with Crippen molar-refractivity contribution in [3.8, 4) is 0 Å². The third-order valence-electron chi connectivity index (χ3n) is 0.843. The maximum Gasteiger partial charge on any atom is 0.127 e. The fourth-order valence-corrected chi connectivity index (χ4v) is 0.478. The Morgan fingerprint density at radius 3 is 1.75 bits per heavy atom. The molecule has 3 N–H and O–H groups in total. The van der Waals surface area contributed by atoms with Crippen LogP contribution in [0.1, 0.15) is 7.43 Å². The van der Waals surface area contributed by atoms with Gasteiger partial charge >= 0.3 is 0 Å². The minimum atomic E-state index is 0. The molecule has 0 saturated heterocycles. The molecule has 0 unspecified atom stereocenters. The molecule has 1 heteroatoms. The minimum Gasteiger partial charge on any atom is -0.325 e. The van der Waals surface area contributed by atoms with Crippen molar-refractivity contribution in [2.24, 2.45) is 0 Å². The van der Waals surface area contributed by atoms with E-state index in [4.69, 9.17) is 0 Å². The Bertz CT molecular complexity index is 134. The van der Waals surface area contributed by atoms with E-state index in [2.05, 4.69) is 5.73 Å². The van der Waals surface area contributed by atoms with Crippen molar-refractivity contribution >= 4 is 5.69 Å². The number of hydrogen-bond acceptors (Lipinski definition) is 0. The van der Waals surface area contributed by atoms with Gasteiger partial charge in [0.25, 0.3) is 0 Å². The molecular weight excluding hydrogens is 98.1 g/mol. The van der Waals surface area contributed by atoms with Gasteiger partial charge in [0.05, 0.1) is 0 Å². The summed E-state index contributed by atoms with van der Waals surface area (Å²) in [6.07, 6.45) is 0. The largest absolute Gasteiger partial charge is 0.325 e. The fraction of sp³-hybridized carbons (Fsp3) is 0.143. The Morgan fingerprint density at radius 1 is 1.00 bits per heavy atom. The van der Waals surface area contributed by atoms with Crippen LogP contribution in [-0.2, 0) is 0 Å². The van der Waals surface area contributed by atoms with Crippen LogP contribution in [0.3, 0.4) is 0 Å². The molecule has 0 aliphatic carbocycles. The second-order valence-corrected chi connectivity index (χ2v) is 1.49. The van der Waals surface area contributed by atoms with E-state index in [1.54, 1.807) is 0 Å². The summed E-state index contributed by atoms with van der Waals surface area (Å²) in [4.78, 5) is 0. The van der Waals surface area contributed by atoms with Crippen LogP contribution < -0.4 is 5.73 Å². The summed E-state index contributed by atoms with van der Waals surface area (Å²) in [6, 6.07) is 9.87. The monoisotopic (exact) mass is 110 g/mol. The molecule has 0 aliphatic heterocycles. The van der Waals surface area contributed by atoms with Crippen LogP contribution in [0.2, 0.25) is 0 Å². The summed E-state index contributed by atoms with van der Waals surface area (Å²) in [6.45, 7) is 0. The van der Waals surface area contributed by atoms with Gasteiger partial charge in [-0.05, 0) is 12.1 Å². The highest BCUT2D eigenvalue weighted by molar-refractivity contribution is 5.25. The molecular formula is C7H12N+. The van der Waals surface area contributed by atoms with Crippen LogP contribution in [0.5, 0.6) is 0 Å². The summed E-state index contributed by atoms with van der Waals surface area (Å²) in [5.41, 5.74) is 4.79. The van der Waals surface area contributed by atoms with Crippen LogP contribution >= 0.6 is 0 Å². The first-order chi connectivity index (χ1) is 3.39. The van der Waals surface area contributed by atoms with Crippen LogP contribution in [-0.4, -0.2) is 0 Å². The lowest BCUT2D eigenvalue weighted by atomic mass is 10.3. The van der Waals surface area contributed by atoms with Gasteiger partial charge in [-0.25, -0.2) is 0 Å². The first kappa shape index (κ1) is 7.18. The van der Waals surface area contributed by atoms with E-state index in [1.165, 1.54) is 0 Å². The molecule has 0 amide bonds. The van der Waals surface area contributed by atoms with E-state index < -0.39 is 0 Å².